The number of aliphatic hydroxyl groups is 5. The lowest BCUT2D eigenvalue weighted by Crippen LogP contribution is -2.59. The minimum Gasteiger partial charge on any atom is -0.394 e. The molecular formula is C36H58O8. The Morgan fingerprint density at radius 3 is 2.39 bits per heavy atom. The molecule has 12 atom stereocenters. The van der Waals surface area contributed by atoms with Crippen LogP contribution in [0.1, 0.15) is 106 Å². The number of ether oxygens (including phenoxy) is 3. The predicted molar refractivity (Wildman–Crippen MR) is 166 cm³/mol. The predicted octanol–water partition coefficient (Wildman–Crippen LogP) is 4.41. The molecule has 0 radical (unpaired) electrons. The molecule has 6 aliphatic rings. The normalized spacial score (nSPS) is 46.9. The Hall–Kier alpha value is -0.840. The first-order chi connectivity index (χ1) is 20.6. The third-order valence-electron chi connectivity index (χ3n) is 13.6. The van der Waals surface area contributed by atoms with Gasteiger partial charge in [0.2, 0.25) is 0 Å². The summed E-state index contributed by atoms with van der Waals surface area (Å²) >= 11 is 0. The van der Waals surface area contributed by atoms with E-state index in [4.69, 9.17) is 14.2 Å². The van der Waals surface area contributed by atoms with Gasteiger partial charge in [-0.25, -0.2) is 0 Å². The van der Waals surface area contributed by atoms with E-state index in [2.05, 4.69) is 33.8 Å². The zero-order chi connectivity index (χ0) is 31.8. The van der Waals surface area contributed by atoms with Gasteiger partial charge in [0, 0.05) is 5.41 Å². The molecule has 0 aromatic carbocycles. The van der Waals surface area contributed by atoms with E-state index >= 15 is 0 Å². The molecule has 2 saturated heterocycles. The second-order valence-corrected chi connectivity index (χ2v) is 16.7. The highest BCUT2D eigenvalue weighted by Crippen LogP contribution is 2.72. The van der Waals surface area contributed by atoms with Gasteiger partial charge in [-0.2, -0.15) is 0 Å². The van der Waals surface area contributed by atoms with Crippen LogP contribution in [0.2, 0.25) is 0 Å². The zero-order valence-corrected chi connectivity index (χ0v) is 27.8. The average Bonchev–Trinajstić information content (AvgIpc) is 3.57. The largest absolute Gasteiger partial charge is 0.394 e. The number of rotatable bonds is 8. The van der Waals surface area contributed by atoms with E-state index in [-0.39, 0.29) is 22.9 Å². The van der Waals surface area contributed by atoms with Crippen LogP contribution in [-0.2, 0) is 14.2 Å². The van der Waals surface area contributed by atoms with Crippen molar-refractivity contribution in [2.24, 2.45) is 34.0 Å². The van der Waals surface area contributed by atoms with Crippen molar-refractivity contribution in [2.75, 3.05) is 13.2 Å². The van der Waals surface area contributed by atoms with Crippen molar-refractivity contribution in [3.05, 3.63) is 22.8 Å². The molecule has 5 N–H and O–H groups in total. The van der Waals surface area contributed by atoms with E-state index in [9.17, 15) is 25.5 Å². The quantitative estimate of drug-likeness (QED) is 0.253. The molecule has 0 amide bonds. The number of allylic oxidation sites excluding steroid dienone is 1. The molecule has 4 fully saturated rings. The van der Waals surface area contributed by atoms with Gasteiger partial charge in [-0.05, 0) is 118 Å². The van der Waals surface area contributed by atoms with Gasteiger partial charge in [0.1, 0.15) is 24.4 Å². The summed E-state index contributed by atoms with van der Waals surface area (Å²) in [6.07, 6.45) is 7.04. The Morgan fingerprint density at radius 1 is 0.932 bits per heavy atom. The molecule has 3 aliphatic carbocycles. The van der Waals surface area contributed by atoms with E-state index in [0.717, 1.165) is 25.7 Å². The van der Waals surface area contributed by atoms with Gasteiger partial charge in [0.25, 0.3) is 0 Å². The number of hydrogen-bond donors (Lipinski definition) is 5. The molecule has 3 heterocycles. The first-order valence-electron chi connectivity index (χ1n) is 17.3. The van der Waals surface area contributed by atoms with Crippen molar-refractivity contribution in [3.63, 3.8) is 0 Å². The van der Waals surface area contributed by atoms with Crippen LogP contribution >= 0.6 is 0 Å². The topological polar surface area (TPSA) is 129 Å². The summed E-state index contributed by atoms with van der Waals surface area (Å²) in [5, 5.41) is 51.3. The lowest BCUT2D eigenvalue weighted by molar-refractivity contribution is -0.299. The lowest BCUT2D eigenvalue weighted by Gasteiger charge is -2.62. The monoisotopic (exact) mass is 618 g/mol. The van der Waals surface area contributed by atoms with Crippen molar-refractivity contribution in [1.29, 1.82) is 0 Å². The van der Waals surface area contributed by atoms with Crippen molar-refractivity contribution in [2.45, 2.75) is 154 Å². The third kappa shape index (κ3) is 5.28. The summed E-state index contributed by atoms with van der Waals surface area (Å²) in [6, 6.07) is 0. The SMILES string of the molecule is CC(C)(O)CC/C=C(/CO[C@@H]1O[C@H](CO)[C@@H](O)[C@H](O)[C@H]1O)[C@H]1CC[C@]2(C)[C@@H]1CC[C@@H]1C3=C(CC[C@]12C)C(C)(C)[C@@H]1CC[C@H]3O1. The minimum absolute atomic E-state index is 0.123. The van der Waals surface area contributed by atoms with Gasteiger partial charge in [-0.15, -0.1) is 0 Å². The minimum atomic E-state index is -1.46. The van der Waals surface area contributed by atoms with Gasteiger partial charge in [0.05, 0.1) is 31.0 Å². The highest BCUT2D eigenvalue weighted by Gasteiger charge is 2.64. The molecule has 0 spiro atoms. The Morgan fingerprint density at radius 2 is 1.68 bits per heavy atom. The van der Waals surface area contributed by atoms with E-state index in [1.807, 2.05) is 13.8 Å². The Balaban J connectivity index is 1.25. The van der Waals surface area contributed by atoms with Gasteiger partial charge in [-0.3, -0.25) is 0 Å². The van der Waals surface area contributed by atoms with Gasteiger partial charge in [0.15, 0.2) is 6.29 Å². The van der Waals surface area contributed by atoms with Crippen LogP contribution in [0.3, 0.4) is 0 Å². The van der Waals surface area contributed by atoms with E-state index in [1.165, 1.54) is 31.3 Å². The fourth-order valence-corrected chi connectivity index (χ4v) is 10.7. The molecule has 2 saturated carbocycles. The lowest BCUT2D eigenvalue weighted by atomic mass is 9.43. The molecule has 0 unspecified atom stereocenters. The Labute approximate surface area is 263 Å². The van der Waals surface area contributed by atoms with Crippen molar-refractivity contribution in [3.8, 4) is 0 Å². The third-order valence-corrected chi connectivity index (χ3v) is 13.6. The van der Waals surface area contributed by atoms with Crippen LogP contribution < -0.4 is 0 Å². The molecule has 44 heavy (non-hydrogen) atoms. The molecule has 8 nitrogen and oxygen atoms in total. The fraction of sp³-hybridized carbons (Fsp3) is 0.889. The molecular weight excluding hydrogens is 560 g/mol. The second kappa shape index (κ2) is 11.7. The summed E-state index contributed by atoms with van der Waals surface area (Å²) < 4.78 is 18.5. The second-order valence-electron chi connectivity index (χ2n) is 16.7. The first kappa shape index (κ1) is 33.1. The molecule has 8 heteroatoms. The maximum absolute atomic E-state index is 10.6. The van der Waals surface area contributed by atoms with Crippen LogP contribution in [0.25, 0.3) is 0 Å². The van der Waals surface area contributed by atoms with Crippen molar-refractivity contribution in [1.82, 2.24) is 0 Å². The van der Waals surface area contributed by atoms with Crippen molar-refractivity contribution >= 4 is 0 Å². The van der Waals surface area contributed by atoms with Gasteiger partial charge < -0.3 is 39.7 Å². The average molecular weight is 619 g/mol. The summed E-state index contributed by atoms with van der Waals surface area (Å²) in [4.78, 5) is 0. The molecule has 0 aromatic rings. The van der Waals surface area contributed by atoms with Crippen LogP contribution in [0.4, 0.5) is 0 Å². The van der Waals surface area contributed by atoms with E-state index < -0.39 is 42.9 Å². The highest BCUT2D eigenvalue weighted by molar-refractivity contribution is 5.38. The zero-order valence-electron chi connectivity index (χ0n) is 27.8. The molecule has 6 rings (SSSR count). The highest BCUT2D eigenvalue weighted by atomic mass is 16.7. The van der Waals surface area contributed by atoms with Crippen LogP contribution in [-0.4, -0.2) is 87.3 Å². The first-order valence-corrected chi connectivity index (χ1v) is 17.3. The van der Waals surface area contributed by atoms with Gasteiger partial charge >= 0.3 is 0 Å². The molecule has 250 valence electrons. The smallest absolute Gasteiger partial charge is 0.187 e. The molecule has 0 aromatic heterocycles. The fourth-order valence-electron chi connectivity index (χ4n) is 10.7. The van der Waals surface area contributed by atoms with Crippen molar-refractivity contribution < 1.29 is 39.7 Å². The number of aliphatic hydroxyl groups excluding tert-OH is 4. The summed E-state index contributed by atoms with van der Waals surface area (Å²) in [5.74, 6) is 1.36. The maximum atomic E-state index is 10.6. The number of fused-ring (bicyclic) bond motifs is 7. The standard InChI is InChI=1S/C36H58O8/c1-33(2,41)15-7-8-20(19-42-32-31(40)30(39)29(38)26(18-37)44-32)21-13-16-35(5)22(21)9-10-24-28-23(14-17-36(24,35)6)34(3,4)27-12-11-25(28)43-27/h8,21-22,24-27,29-32,37-41H,7,9-19H2,1-6H3/b20-8-/t21-,22-,24-,25-,26-,27+,29-,30+,31-,32-,35-,36-/m1/s1. The Kier molecular flexibility index (Phi) is 8.79. The van der Waals surface area contributed by atoms with E-state index in [1.54, 1.807) is 11.1 Å². The number of hydrogen-bond acceptors (Lipinski definition) is 8. The maximum Gasteiger partial charge on any atom is 0.187 e. The summed E-state index contributed by atoms with van der Waals surface area (Å²) in [6.45, 7) is 13.4. The van der Waals surface area contributed by atoms with Crippen LogP contribution in [0.5, 0.6) is 0 Å². The molecule has 2 bridgehead atoms. The van der Waals surface area contributed by atoms with Crippen LogP contribution in [0.15, 0.2) is 22.8 Å². The molecule has 3 aliphatic heterocycles. The van der Waals surface area contributed by atoms with Gasteiger partial charge in [-0.1, -0.05) is 39.3 Å². The summed E-state index contributed by atoms with van der Waals surface area (Å²) in [5.41, 5.74) is 4.23. The Bertz CT molecular complexity index is 1140. The van der Waals surface area contributed by atoms with Crippen LogP contribution in [0, 0.1) is 34.0 Å². The van der Waals surface area contributed by atoms with E-state index in [0.29, 0.717) is 42.8 Å². The summed E-state index contributed by atoms with van der Waals surface area (Å²) in [7, 11) is 0.